The predicted molar refractivity (Wildman–Crippen MR) is 64.5 cm³/mol. The Morgan fingerprint density at radius 1 is 1.50 bits per heavy atom. The summed E-state index contributed by atoms with van der Waals surface area (Å²) in [5.74, 6) is 0.315. The summed E-state index contributed by atoms with van der Waals surface area (Å²) in [6.45, 7) is 3.85. The molecule has 0 aromatic rings. The van der Waals surface area contributed by atoms with Crippen LogP contribution in [0, 0.1) is 5.92 Å². The maximum atomic E-state index is 11.8. The van der Waals surface area contributed by atoms with E-state index in [9.17, 15) is 9.59 Å². The fourth-order valence-corrected chi connectivity index (χ4v) is 2.87. The quantitative estimate of drug-likeness (QED) is 0.770. The van der Waals surface area contributed by atoms with Gasteiger partial charge >= 0.3 is 5.97 Å². The molecule has 5 heteroatoms. The van der Waals surface area contributed by atoms with E-state index in [4.69, 9.17) is 5.11 Å². The molecule has 1 fully saturated rings. The van der Waals surface area contributed by atoms with E-state index >= 15 is 0 Å². The van der Waals surface area contributed by atoms with Crippen molar-refractivity contribution in [3.8, 4) is 0 Å². The van der Waals surface area contributed by atoms with Gasteiger partial charge in [0.25, 0.3) is 0 Å². The van der Waals surface area contributed by atoms with Crippen molar-refractivity contribution in [3.63, 3.8) is 0 Å². The number of amides is 1. The van der Waals surface area contributed by atoms with Gasteiger partial charge in [-0.2, -0.15) is 0 Å². The molecule has 92 valence electrons. The van der Waals surface area contributed by atoms with Crippen molar-refractivity contribution in [3.05, 3.63) is 0 Å². The van der Waals surface area contributed by atoms with Gasteiger partial charge in [-0.05, 0) is 24.5 Å². The van der Waals surface area contributed by atoms with E-state index in [0.29, 0.717) is 0 Å². The molecule has 1 saturated heterocycles. The van der Waals surface area contributed by atoms with Crippen LogP contribution in [0.2, 0.25) is 0 Å². The minimum absolute atomic E-state index is 0.000787. The third kappa shape index (κ3) is 4.04. The summed E-state index contributed by atoms with van der Waals surface area (Å²) in [4.78, 5) is 22.5. The number of thioether (sulfide) groups is 1. The molecule has 1 amide bonds. The molecular formula is C11H19NO3S. The van der Waals surface area contributed by atoms with E-state index in [-0.39, 0.29) is 29.5 Å². The van der Waals surface area contributed by atoms with Crippen LogP contribution in [0.5, 0.6) is 0 Å². The number of hydrogen-bond acceptors (Lipinski definition) is 3. The Bertz CT molecular complexity index is 262. The lowest BCUT2D eigenvalue weighted by Crippen LogP contribution is -2.43. The molecule has 4 nitrogen and oxygen atoms in total. The van der Waals surface area contributed by atoms with Crippen LogP contribution in [0.3, 0.4) is 0 Å². The number of carboxylic acids is 1. The predicted octanol–water partition coefficient (Wildman–Crippen LogP) is 1.50. The number of nitrogens with one attached hydrogen (secondary N) is 1. The van der Waals surface area contributed by atoms with Crippen LogP contribution >= 0.6 is 11.8 Å². The molecule has 0 spiro atoms. The maximum Gasteiger partial charge on any atom is 0.305 e. The van der Waals surface area contributed by atoms with Crippen molar-refractivity contribution in [1.82, 2.24) is 5.32 Å². The fraction of sp³-hybridized carbons (Fsp3) is 0.818. The second-order valence-electron chi connectivity index (χ2n) is 4.46. The molecule has 0 aromatic carbocycles. The van der Waals surface area contributed by atoms with Crippen LogP contribution in [0.4, 0.5) is 0 Å². The molecule has 16 heavy (non-hydrogen) atoms. The number of rotatable bonds is 5. The molecule has 2 unspecified atom stereocenters. The maximum absolute atomic E-state index is 11.8. The highest BCUT2D eigenvalue weighted by Gasteiger charge is 2.27. The summed E-state index contributed by atoms with van der Waals surface area (Å²) in [6, 6.07) is -0.258. The topological polar surface area (TPSA) is 66.4 Å². The summed E-state index contributed by atoms with van der Waals surface area (Å²) in [6.07, 6.45) is 1.99. The van der Waals surface area contributed by atoms with Crippen molar-refractivity contribution in [2.45, 2.75) is 44.4 Å². The molecule has 0 radical (unpaired) electrons. The normalized spacial score (nSPS) is 22.1. The first-order valence-electron chi connectivity index (χ1n) is 5.64. The Labute approximate surface area is 100 Å². The van der Waals surface area contributed by atoms with E-state index in [1.807, 2.05) is 13.8 Å². The van der Waals surface area contributed by atoms with Gasteiger partial charge in [0.15, 0.2) is 0 Å². The van der Waals surface area contributed by atoms with E-state index in [1.165, 1.54) is 0 Å². The van der Waals surface area contributed by atoms with Gasteiger partial charge in [-0.1, -0.05) is 13.8 Å². The second kappa shape index (κ2) is 6.13. The highest BCUT2D eigenvalue weighted by atomic mass is 32.2. The lowest BCUT2D eigenvalue weighted by atomic mass is 10.0. The van der Waals surface area contributed by atoms with Crippen molar-refractivity contribution >= 4 is 23.6 Å². The Morgan fingerprint density at radius 3 is 2.62 bits per heavy atom. The minimum atomic E-state index is -0.863. The molecule has 2 N–H and O–H groups in total. The summed E-state index contributed by atoms with van der Waals surface area (Å²) < 4.78 is 0. The van der Waals surface area contributed by atoms with Gasteiger partial charge in [-0.3, -0.25) is 9.59 Å². The Morgan fingerprint density at radius 2 is 2.19 bits per heavy atom. The van der Waals surface area contributed by atoms with Gasteiger partial charge in [-0.25, -0.2) is 0 Å². The van der Waals surface area contributed by atoms with E-state index in [1.54, 1.807) is 11.8 Å². The second-order valence-corrected chi connectivity index (χ2v) is 5.77. The summed E-state index contributed by atoms with van der Waals surface area (Å²) in [5.41, 5.74) is 0. The SMILES string of the molecule is CC(C)C(CC(=O)O)NC(=O)C1CCCS1. The van der Waals surface area contributed by atoms with Crippen molar-refractivity contribution < 1.29 is 14.7 Å². The van der Waals surface area contributed by atoms with Crippen molar-refractivity contribution in [1.29, 1.82) is 0 Å². The minimum Gasteiger partial charge on any atom is -0.481 e. The summed E-state index contributed by atoms with van der Waals surface area (Å²) >= 11 is 1.66. The first kappa shape index (κ1) is 13.4. The van der Waals surface area contributed by atoms with Crippen LogP contribution < -0.4 is 5.32 Å². The summed E-state index contributed by atoms with van der Waals surface area (Å²) in [7, 11) is 0. The Kier molecular flexibility index (Phi) is 5.12. The van der Waals surface area contributed by atoms with E-state index in [2.05, 4.69) is 5.32 Å². The Hall–Kier alpha value is -0.710. The molecule has 1 rings (SSSR count). The third-order valence-corrected chi connectivity index (χ3v) is 4.13. The monoisotopic (exact) mass is 245 g/mol. The van der Waals surface area contributed by atoms with Crippen LogP contribution in [0.15, 0.2) is 0 Å². The zero-order valence-corrected chi connectivity index (χ0v) is 10.5. The molecule has 0 aromatic heterocycles. The van der Waals surface area contributed by atoms with Gasteiger partial charge in [0.2, 0.25) is 5.91 Å². The van der Waals surface area contributed by atoms with Gasteiger partial charge in [-0.15, -0.1) is 11.8 Å². The Balaban J connectivity index is 2.46. The number of hydrogen-bond donors (Lipinski definition) is 2. The average molecular weight is 245 g/mol. The molecular weight excluding hydrogens is 226 g/mol. The average Bonchev–Trinajstić information content (AvgIpc) is 2.68. The zero-order chi connectivity index (χ0) is 12.1. The van der Waals surface area contributed by atoms with Gasteiger partial charge in [0.1, 0.15) is 0 Å². The highest BCUT2D eigenvalue weighted by Crippen LogP contribution is 2.26. The number of carboxylic acid groups (broad SMARTS) is 1. The van der Waals surface area contributed by atoms with Crippen LogP contribution in [-0.4, -0.2) is 34.0 Å². The molecule has 2 atom stereocenters. The first-order chi connectivity index (χ1) is 7.50. The largest absolute Gasteiger partial charge is 0.481 e. The van der Waals surface area contributed by atoms with Crippen LogP contribution in [0.1, 0.15) is 33.1 Å². The van der Waals surface area contributed by atoms with Gasteiger partial charge in [0, 0.05) is 6.04 Å². The van der Waals surface area contributed by atoms with Crippen molar-refractivity contribution in [2.24, 2.45) is 5.92 Å². The zero-order valence-electron chi connectivity index (χ0n) is 9.73. The molecule has 1 aliphatic heterocycles. The third-order valence-electron chi connectivity index (χ3n) is 2.75. The molecule has 0 saturated carbocycles. The van der Waals surface area contributed by atoms with Crippen molar-refractivity contribution in [2.75, 3.05) is 5.75 Å². The lowest BCUT2D eigenvalue weighted by Gasteiger charge is -2.22. The molecule has 0 aliphatic carbocycles. The van der Waals surface area contributed by atoms with Crippen LogP contribution in [-0.2, 0) is 9.59 Å². The number of carbonyl (C=O) groups excluding carboxylic acids is 1. The van der Waals surface area contributed by atoms with Crippen LogP contribution in [0.25, 0.3) is 0 Å². The highest BCUT2D eigenvalue weighted by molar-refractivity contribution is 8.00. The first-order valence-corrected chi connectivity index (χ1v) is 6.69. The van der Waals surface area contributed by atoms with Gasteiger partial charge in [0.05, 0.1) is 11.7 Å². The number of carbonyl (C=O) groups is 2. The smallest absolute Gasteiger partial charge is 0.305 e. The molecule has 1 aliphatic rings. The summed E-state index contributed by atoms with van der Waals surface area (Å²) in [5, 5.41) is 11.6. The molecule has 0 bridgehead atoms. The molecule has 1 heterocycles. The lowest BCUT2D eigenvalue weighted by molar-refractivity contribution is -0.138. The van der Waals surface area contributed by atoms with E-state index < -0.39 is 5.97 Å². The standard InChI is InChI=1S/C11H19NO3S/c1-7(2)8(6-10(13)14)12-11(15)9-4-3-5-16-9/h7-9H,3-6H2,1-2H3,(H,12,15)(H,13,14). The fourth-order valence-electron chi connectivity index (χ4n) is 1.70. The van der Waals surface area contributed by atoms with E-state index in [0.717, 1.165) is 18.6 Å². The van der Waals surface area contributed by atoms with Gasteiger partial charge < -0.3 is 10.4 Å². The number of aliphatic carboxylic acids is 1.